The third kappa shape index (κ3) is 3.87. The van der Waals surface area contributed by atoms with Crippen molar-refractivity contribution in [2.45, 2.75) is 39.2 Å². The second-order valence-electron chi connectivity index (χ2n) is 6.99. The Morgan fingerprint density at radius 3 is 2.32 bits per heavy atom. The molecule has 25 heavy (non-hydrogen) atoms. The van der Waals surface area contributed by atoms with Crippen LogP contribution in [0.5, 0.6) is 0 Å². The fraction of sp³-hybridized carbons (Fsp3) is 0.600. The average Bonchev–Trinajstić information content (AvgIpc) is 2.99. The maximum absolute atomic E-state index is 12.9. The molecule has 2 heterocycles. The number of nitrogens with zero attached hydrogens (tertiary/aromatic N) is 3. The first-order valence-electron chi connectivity index (χ1n) is 9.56. The smallest absolute Gasteiger partial charge is 0.253 e. The van der Waals surface area contributed by atoms with Gasteiger partial charge in [-0.2, -0.15) is 0 Å². The van der Waals surface area contributed by atoms with Crippen molar-refractivity contribution in [1.29, 1.82) is 0 Å². The molecule has 0 N–H and O–H groups in total. The number of benzene rings is 1. The van der Waals surface area contributed by atoms with Crippen LogP contribution in [0.3, 0.4) is 0 Å². The summed E-state index contributed by atoms with van der Waals surface area (Å²) in [4.78, 5) is 31.6. The lowest BCUT2D eigenvalue weighted by atomic mass is 10.1. The summed E-state index contributed by atoms with van der Waals surface area (Å²) in [6, 6.07) is 7.70. The standard InChI is InChI=1S/C20H29N3O2/c1-3-21(4-2)19(24)16-8-10-17(11-9-16)20(25)23-14-6-13-22-12-5-7-18(22)15-23/h8-11,18H,3-7,12-15H2,1-2H3/t18-/m0/s1. The zero-order valence-electron chi connectivity index (χ0n) is 15.4. The molecule has 0 unspecified atom stereocenters. The van der Waals surface area contributed by atoms with Gasteiger partial charge in [-0.3, -0.25) is 14.5 Å². The van der Waals surface area contributed by atoms with Crippen molar-refractivity contribution in [2.75, 3.05) is 39.3 Å². The summed E-state index contributed by atoms with van der Waals surface area (Å²) in [6.45, 7) is 9.28. The largest absolute Gasteiger partial charge is 0.339 e. The number of hydrogen-bond donors (Lipinski definition) is 0. The Bertz CT molecular complexity index is 610. The van der Waals surface area contributed by atoms with E-state index in [1.807, 2.05) is 18.7 Å². The highest BCUT2D eigenvalue weighted by Crippen LogP contribution is 2.22. The van der Waals surface area contributed by atoms with Gasteiger partial charge in [-0.15, -0.1) is 0 Å². The topological polar surface area (TPSA) is 43.9 Å². The SMILES string of the molecule is CCN(CC)C(=O)c1ccc(C(=O)N2CCCN3CCC[C@H]3C2)cc1. The van der Waals surface area contributed by atoms with Crippen LogP contribution in [0.25, 0.3) is 0 Å². The van der Waals surface area contributed by atoms with Crippen molar-refractivity contribution in [1.82, 2.24) is 14.7 Å². The first-order valence-corrected chi connectivity index (χ1v) is 9.56. The Hall–Kier alpha value is -1.88. The molecule has 136 valence electrons. The highest BCUT2D eigenvalue weighted by Gasteiger charge is 2.30. The van der Waals surface area contributed by atoms with Crippen LogP contribution in [0.15, 0.2) is 24.3 Å². The first kappa shape index (κ1) is 17.9. The predicted molar refractivity (Wildman–Crippen MR) is 98.8 cm³/mol. The summed E-state index contributed by atoms with van der Waals surface area (Å²) in [5, 5.41) is 0. The van der Waals surface area contributed by atoms with Gasteiger partial charge in [0.2, 0.25) is 0 Å². The Labute approximate surface area is 150 Å². The second kappa shape index (κ2) is 8.00. The van der Waals surface area contributed by atoms with Gasteiger partial charge in [-0.05, 0) is 63.9 Å². The number of carbonyl (C=O) groups is 2. The normalized spacial score (nSPS) is 20.9. The van der Waals surface area contributed by atoms with Gasteiger partial charge in [0.1, 0.15) is 0 Å². The molecule has 1 atom stereocenters. The quantitative estimate of drug-likeness (QED) is 0.844. The Morgan fingerprint density at radius 2 is 1.64 bits per heavy atom. The summed E-state index contributed by atoms with van der Waals surface area (Å²) in [6.07, 6.45) is 3.48. The van der Waals surface area contributed by atoms with E-state index in [9.17, 15) is 9.59 Å². The summed E-state index contributed by atoms with van der Waals surface area (Å²) >= 11 is 0. The van der Waals surface area contributed by atoms with E-state index in [0.717, 1.165) is 26.1 Å². The van der Waals surface area contributed by atoms with Crippen molar-refractivity contribution in [3.63, 3.8) is 0 Å². The fourth-order valence-corrected chi connectivity index (χ4v) is 4.02. The molecule has 0 aromatic heterocycles. The Balaban J connectivity index is 1.69. The molecule has 1 aromatic carbocycles. The number of rotatable bonds is 4. The van der Waals surface area contributed by atoms with Crippen LogP contribution in [0.1, 0.15) is 53.8 Å². The van der Waals surface area contributed by atoms with Gasteiger partial charge >= 0.3 is 0 Å². The van der Waals surface area contributed by atoms with E-state index in [0.29, 0.717) is 30.3 Å². The van der Waals surface area contributed by atoms with Gasteiger partial charge in [-0.25, -0.2) is 0 Å². The summed E-state index contributed by atoms with van der Waals surface area (Å²) < 4.78 is 0. The molecule has 0 saturated carbocycles. The van der Waals surface area contributed by atoms with Gasteiger partial charge < -0.3 is 9.80 Å². The number of hydrogen-bond acceptors (Lipinski definition) is 3. The molecular weight excluding hydrogens is 314 g/mol. The van der Waals surface area contributed by atoms with Crippen LogP contribution in [-0.2, 0) is 0 Å². The van der Waals surface area contributed by atoms with E-state index in [-0.39, 0.29) is 11.8 Å². The summed E-state index contributed by atoms with van der Waals surface area (Å²) in [5.41, 5.74) is 1.33. The fourth-order valence-electron chi connectivity index (χ4n) is 4.02. The molecule has 0 aliphatic carbocycles. The Morgan fingerprint density at radius 1 is 1.00 bits per heavy atom. The minimum atomic E-state index is 0.0281. The second-order valence-corrected chi connectivity index (χ2v) is 6.99. The van der Waals surface area contributed by atoms with Crippen LogP contribution in [0.4, 0.5) is 0 Å². The average molecular weight is 343 g/mol. The van der Waals surface area contributed by atoms with E-state index in [1.54, 1.807) is 29.2 Å². The highest BCUT2D eigenvalue weighted by atomic mass is 16.2. The van der Waals surface area contributed by atoms with E-state index in [1.165, 1.54) is 19.4 Å². The number of fused-ring (bicyclic) bond motifs is 1. The van der Waals surface area contributed by atoms with Crippen molar-refractivity contribution < 1.29 is 9.59 Å². The molecule has 2 amide bonds. The predicted octanol–water partition coefficient (Wildman–Crippen LogP) is 2.48. The van der Waals surface area contributed by atoms with E-state index >= 15 is 0 Å². The molecular formula is C20H29N3O2. The third-order valence-corrected chi connectivity index (χ3v) is 5.52. The molecule has 0 radical (unpaired) electrons. The maximum atomic E-state index is 12.9. The third-order valence-electron chi connectivity index (χ3n) is 5.52. The molecule has 2 aliphatic rings. The minimum Gasteiger partial charge on any atom is -0.339 e. The van der Waals surface area contributed by atoms with Gasteiger partial charge in [0, 0.05) is 49.9 Å². The lowest BCUT2D eigenvalue weighted by Gasteiger charge is -2.26. The minimum absolute atomic E-state index is 0.0281. The van der Waals surface area contributed by atoms with Crippen molar-refractivity contribution in [2.24, 2.45) is 0 Å². The van der Waals surface area contributed by atoms with E-state index < -0.39 is 0 Å². The molecule has 0 bridgehead atoms. The lowest BCUT2D eigenvalue weighted by Crippen LogP contribution is -2.39. The van der Waals surface area contributed by atoms with Crippen molar-refractivity contribution in [3.05, 3.63) is 35.4 Å². The van der Waals surface area contributed by atoms with Crippen molar-refractivity contribution in [3.8, 4) is 0 Å². The van der Waals surface area contributed by atoms with E-state index in [2.05, 4.69) is 4.90 Å². The van der Waals surface area contributed by atoms with Crippen LogP contribution < -0.4 is 0 Å². The molecule has 1 aromatic rings. The van der Waals surface area contributed by atoms with Gasteiger partial charge in [0.05, 0.1) is 0 Å². The molecule has 0 spiro atoms. The molecule has 2 fully saturated rings. The van der Waals surface area contributed by atoms with Gasteiger partial charge in [0.15, 0.2) is 0 Å². The zero-order chi connectivity index (χ0) is 17.8. The molecule has 2 aliphatic heterocycles. The van der Waals surface area contributed by atoms with Crippen LogP contribution in [-0.4, -0.2) is 71.8 Å². The number of amides is 2. The molecule has 2 saturated heterocycles. The van der Waals surface area contributed by atoms with Gasteiger partial charge in [-0.1, -0.05) is 0 Å². The van der Waals surface area contributed by atoms with Crippen LogP contribution in [0.2, 0.25) is 0 Å². The molecule has 5 nitrogen and oxygen atoms in total. The Kier molecular flexibility index (Phi) is 5.74. The molecule has 5 heteroatoms. The maximum Gasteiger partial charge on any atom is 0.253 e. The highest BCUT2D eigenvalue weighted by molar-refractivity contribution is 5.97. The van der Waals surface area contributed by atoms with Crippen molar-refractivity contribution >= 4 is 11.8 Å². The monoisotopic (exact) mass is 343 g/mol. The molecule has 3 rings (SSSR count). The summed E-state index contributed by atoms with van der Waals surface area (Å²) in [5.74, 6) is 0.121. The van der Waals surface area contributed by atoms with Gasteiger partial charge in [0.25, 0.3) is 11.8 Å². The first-order chi connectivity index (χ1) is 12.1. The van der Waals surface area contributed by atoms with Crippen LogP contribution in [0, 0.1) is 0 Å². The summed E-state index contributed by atoms with van der Waals surface area (Å²) in [7, 11) is 0. The van der Waals surface area contributed by atoms with Crippen LogP contribution >= 0.6 is 0 Å². The lowest BCUT2D eigenvalue weighted by molar-refractivity contribution is 0.0739. The van der Waals surface area contributed by atoms with E-state index in [4.69, 9.17) is 0 Å². The number of carbonyl (C=O) groups excluding carboxylic acids is 2. The zero-order valence-corrected chi connectivity index (χ0v) is 15.4.